The molecule has 1 unspecified atom stereocenters. The minimum atomic E-state index is -4.74. The first kappa shape index (κ1) is 56.4. The number of unbranched alkanes of at least 4 members (excludes halogenated alkanes) is 18. The largest absolute Gasteiger partial charge is 0.480 e. The summed E-state index contributed by atoms with van der Waals surface area (Å²) in [6.45, 7) is 2.31. The van der Waals surface area contributed by atoms with Gasteiger partial charge in [0.2, 0.25) is 0 Å². The fraction of sp³-hybridized carbons (Fsp3) is 0.761. The van der Waals surface area contributed by atoms with E-state index >= 15 is 0 Å². The highest BCUT2D eigenvalue weighted by Gasteiger charge is 2.28. The van der Waals surface area contributed by atoms with Gasteiger partial charge in [0.25, 0.3) is 0 Å². The van der Waals surface area contributed by atoms with Crippen LogP contribution in [0.15, 0.2) is 48.6 Å². The van der Waals surface area contributed by atoms with E-state index in [1.807, 2.05) is 19.1 Å². The number of allylic oxidation sites excluding steroid dienone is 8. The summed E-state index contributed by atoms with van der Waals surface area (Å²) < 4.78 is 32.7. The van der Waals surface area contributed by atoms with Crippen LogP contribution >= 0.6 is 7.82 Å². The Morgan fingerprint density at radius 1 is 0.593 bits per heavy atom. The normalized spacial score (nSPS) is 14.7. The lowest BCUT2D eigenvalue weighted by Crippen LogP contribution is -2.34. The standard InChI is InChI=1S/C46H82NO11P/c1-3-4-5-6-7-8-9-10-11-12-15-19-22-25-28-31-34-37-45(50)58-42(39-56-59(53,54)57-40-43(47)46(51)52)38-55-44(49)36-33-30-27-24-21-18-16-13-14-17-20-23-26-29-32-35-41(2)48/h14,16-18,23-24,26-27,41-43,48H,3-13,15,19-22,25,28-40,47H2,1-2H3,(H,51,52)(H,53,54)/b17-14-,18-16-,26-23-,27-24-/t41-,42-,43+/m1/s1. The SMILES string of the molecule is CCCCCCCCCCCCCCCCCCCC(=O)O[C@H](COC(=O)CCC/C=C\C/C=C\C/C=C\C/C=C\CCC[C@@H](C)O)COP(=O)(O)OC[C@H](N)C(=O)O. The molecule has 0 spiro atoms. The van der Waals surface area contributed by atoms with Gasteiger partial charge in [0.1, 0.15) is 12.6 Å². The average Bonchev–Trinajstić information content (AvgIpc) is 3.20. The summed E-state index contributed by atoms with van der Waals surface area (Å²) in [5, 5.41) is 18.2. The average molecular weight is 856 g/mol. The van der Waals surface area contributed by atoms with Crippen molar-refractivity contribution in [1.29, 1.82) is 0 Å². The number of ether oxygens (including phenoxy) is 2. The molecule has 0 amide bonds. The molecule has 59 heavy (non-hydrogen) atoms. The highest BCUT2D eigenvalue weighted by molar-refractivity contribution is 7.47. The molecule has 0 aliphatic heterocycles. The summed E-state index contributed by atoms with van der Waals surface area (Å²) in [7, 11) is -4.74. The Balaban J connectivity index is 4.41. The predicted octanol–water partition coefficient (Wildman–Crippen LogP) is 11.1. The van der Waals surface area contributed by atoms with E-state index in [1.54, 1.807) is 0 Å². The first-order valence-electron chi connectivity index (χ1n) is 22.7. The lowest BCUT2D eigenvalue weighted by Gasteiger charge is -2.20. The van der Waals surface area contributed by atoms with Crippen LogP contribution < -0.4 is 5.73 Å². The number of nitrogens with two attached hydrogens (primary N) is 1. The molecule has 0 heterocycles. The lowest BCUT2D eigenvalue weighted by molar-refractivity contribution is -0.161. The second kappa shape index (κ2) is 40.8. The molecule has 13 heteroatoms. The number of carboxylic acid groups (broad SMARTS) is 1. The fourth-order valence-electron chi connectivity index (χ4n) is 6.02. The van der Waals surface area contributed by atoms with Crippen molar-refractivity contribution in [2.75, 3.05) is 19.8 Å². The van der Waals surface area contributed by atoms with E-state index in [1.165, 1.54) is 83.5 Å². The maximum absolute atomic E-state index is 12.6. The Hall–Kier alpha value is -2.60. The molecule has 0 aromatic rings. The maximum atomic E-state index is 12.6. The summed E-state index contributed by atoms with van der Waals surface area (Å²) in [6, 6.07) is -1.53. The van der Waals surface area contributed by atoms with Crippen LogP contribution in [0.25, 0.3) is 0 Å². The number of carbonyl (C=O) groups is 3. The molecular weight excluding hydrogens is 773 g/mol. The van der Waals surface area contributed by atoms with Crippen LogP contribution in [0.4, 0.5) is 0 Å². The molecule has 0 aliphatic rings. The number of aliphatic hydroxyl groups is 1. The van der Waals surface area contributed by atoms with Gasteiger partial charge in [0.15, 0.2) is 6.10 Å². The van der Waals surface area contributed by atoms with Crippen LogP contribution in [0, 0.1) is 0 Å². The molecule has 0 aliphatic carbocycles. The minimum Gasteiger partial charge on any atom is -0.480 e. The molecule has 5 N–H and O–H groups in total. The number of aliphatic carboxylic acids is 1. The van der Waals surface area contributed by atoms with Crippen molar-refractivity contribution >= 4 is 25.7 Å². The van der Waals surface area contributed by atoms with E-state index in [9.17, 15) is 28.9 Å². The summed E-state index contributed by atoms with van der Waals surface area (Å²) in [5.74, 6) is -2.47. The zero-order valence-corrected chi connectivity index (χ0v) is 37.6. The smallest absolute Gasteiger partial charge is 0.472 e. The van der Waals surface area contributed by atoms with Crippen molar-refractivity contribution in [3.05, 3.63) is 48.6 Å². The van der Waals surface area contributed by atoms with E-state index in [-0.39, 0.29) is 25.6 Å². The van der Waals surface area contributed by atoms with Crippen LogP contribution in [0.2, 0.25) is 0 Å². The van der Waals surface area contributed by atoms with Crippen LogP contribution in [0.3, 0.4) is 0 Å². The van der Waals surface area contributed by atoms with Gasteiger partial charge < -0.3 is 30.3 Å². The van der Waals surface area contributed by atoms with E-state index in [2.05, 4.69) is 47.9 Å². The summed E-state index contributed by atoms with van der Waals surface area (Å²) >= 11 is 0. The molecule has 0 bridgehead atoms. The van der Waals surface area contributed by atoms with Crippen LogP contribution in [-0.4, -0.2) is 71.1 Å². The molecule has 0 fully saturated rings. The molecular formula is C46H82NO11P. The van der Waals surface area contributed by atoms with Gasteiger partial charge >= 0.3 is 25.7 Å². The van der Waals surface area contributed by atoms with Crippen LogP contribution in [0.5, 0.6) is 0 Å². The number of carboxylic acids is 1. The first-order chi connectivity index (χ1) is 28.5. The second-order valence-electron chi connectivity index (χ2n) is 15.5. The number of carbonyl (C=O) groups excluding carboxylic acids is 2. The molecule has 0 saturated heterocycles. The Labute approximate surface area is 357 Å². The number of hydrogen-bond donors (Lipinski definition) is 4. The second-order valence-corrected chi connectivity index (χ2v) is 16.9. The molecule has 342 valence electrons. The van der Waals surface area contributed by atoms with Crippen LogP contribution in [0.1, 0.15) is 187 Å². The number of phosphoric acid groups is 1. The fourth-order valence-corrected chi connectivity index (χ4v) is 6.80. The summed E-state index contributed by atoms with van der Waals surface area (Å²) in [5.41, 5.74) is 5.33. The van der Waals surface area contributed by atoms with E-state index in [4.69, 9.17) is 24.8 Å². The van der Waals surface area contributed by atoms with E-state index < -0.39 is 51.1 Å². The van der Waals surface area contributed by atoms with E-state index in [0.717, 1.165) is 57.8 Å². The van der Waals surface area contributed by atoms with E-state index in [0.29, 0.717) is 19.3 Å². The highest BCUT2D eigenvalue weighted by Crippen LogP contribution is 2.43. The monoisotopic (exact) mass is 856 g/mol. The topological polar surface area (TPSA) is 192 Å². The van der Waals surface area contributed by atoms with Crippen LogP contribution in [-0.2, 0) is 37.5 Å². The number of aliphatic hydroxyl groups excluding tert-OH is 1. The van der Waals surface area contributed by atoms with Crippen molar-refractivity contribution in [3.63, 3.8) is 0 Å². The molecule has 0 saturated carbocycles. The highest BCUT2D eigenvalue weighted by atomic mass is 31.2. The third-order valence-corrected chi connectivity index (χ3v) is 10.5. The Morgan fingerprint density at radius 3 is 1.49 bits per heavy atom. The van der Waals surface area contributed by atoms with Gasteiger partial charge in [-0.2, -0.15) is 0 Å². The number of esters is 2. The first-order valence-corrected chi connectivity index (χ1v) is 24.2. The molecule has 0 radical (unpaired) electrons. The van der Waals surface area contributed by atoms with Gasteiger partial charge in [-0.05, 0) is 64.7 Å². The van der Waals surface area contributed by atoms with Gasteiger partial charge in [0, 0.05) is 12.8 Å². The van der Waals surface area contributed by atoms with Crippen molar-refractivity contribution < 1.29 is 52.6 Å². The van der Waals surface area contributed by atoms with Gasteiger partial charge in [-0.3, -0.25) is 23.4 Å². The zero-order valence-electron chi connectivity index (χ0n) is 36.7. The minimum absolute atomic E-state index is 0.134. The molecule has 4 atom stereocenters. The maximum Gasteiger partial charge on any atom is 0.472 e. The quantitative estimate of drug-likeness (QED) is 0.0197. The summed E-state index contributed by atoms with van der Waals surface area (Å²) in [4.78, 5) is 46.0. The van der Waals surface area contributed by atoms with Gasteiger partial charge in [-0.15, -0.1) is 0 Å². The molecule has 0 aromatic carbocycles. The van der Waals surface area contributed by atoms with Crippen molar-refractivity contribution in [2.45, 2.75) is 205 Å². The van der Waals surface area contributed by atoms with Gasteiger partial charge in [-0.25, -0.2) is 4.57 Å². The lowest BCUT2D eigenvalue weighted by atomic mass is 10.0. The Kier molecular flexibility index (Phi) is 39.0. The third-order valence-electron chi connectivity index (χ3n) is 9.60. The molecule has 0 aromatic heterocycles. The van der Waals surface area contributed by atoms with Crippen molar-refractivity contribution in [1.82, 2.24) is 0 Å². The molecule has 12 nitrogen and oxygen atoms in total. The zero-order chi connectivity index (χ0) is 43.7. The molecule has 0 rings (SSSR count). The Morgan fingerprint density at radius 2 is 1.02 bits per heavy atom. The van der Waals surface area contributed by atoms with Gasteiger partial charge in [-0.1, -0.05) is 158 Å². The van der Waals surface area contributed by atoms with Gasteiger partial charge in [0.05, 0.1) is 19.3 Å². The Bertz CT molecular complexity index is 1200. The van der Waals surface area contributed by atoms with Crippen molar-refractivity contribution in [2.24, 2.45) is 5.73 Å². The predicted molar refractivity (Wildman–Crippen MR) is 237 cm³/mol. The summed E-state index contributed by atoms with van der Waals surface area (Å²) in [6.07, 6.45) is 43.1. The number of rotatable bonds is 42. The number of hydrogen-bond acceptors (Lipinski definition) is 10. The van der Waals surface area contributed by atoms with Crippen molar-refractivity contribution in [3.8, 4) is 0 Å². The third kappa shape index (κ3) is 41.9. The number of phosphoric ester groups is 1.